The molecule has 0 heterocycles. The van der Waals surface area contributed by atoms with Gasteiger partial charge in [-0.3, -0.25) is 4.55 Å². The first-order valence-corrected chi connectivity index (χ1v) is 4.72. The van der Waals surface area contributed by atoms with Crippen LogP contribution >= 0.6 is 34.8 Å². The molecular formula is C3H3Cl3O3S. The third kappa shape index (κ3) is 5.32. The van der Waals surface area contributed by atoms with Crippen molar-refractivity contribution in [3.05, 3.63) is 9.52 Å². The maximum Gasteiger partial charge on any atom is 0.270 e. The molecule has 0 aliphatic rings. The maximum absolute atomic E-state index is 10.1. The number of rotatable bonds is 2. The zero-order chi connectivity index (χ0) is 8.36. The summed E-state index contributed by atoms with van der Waals surface area (Å²) < 4.78 is 27.9. The SMILES string of the molecule is O=S(=O)(O)CC(Cl)=C(Cl)Cl. The third-order valence-electron chi connectivity index (χ3n) is 0.514. The Balaban J connectivity index is 4.35. The molecule has 0 aliphatic heterocycles. The van der Waals surface area contributed by atoms with Crippen molar-refractivity contribution < 1.29 is 13.0 Å². The van der Waals surface area contributed by atoms with Gasteiger partial charge in [0.25, 0.3) is 10.1 Å². The molecule has 0 bridgehead atoms. The zero-order valence-electron chi connectivity index (χ0n) is 4.51. The molecule has 0 radical (unpaired) electrons. The smallest absolute Gasteiger partial charge is 0.270 e. The molecule has 1 N–H and O–H groups in total. The van der Waals surface area contributed by atoms with Gasteiger partial charge in [-0.1, -0.05) is 34.8 Å². The average molecular weight is 225 g/mol. The molecule has 0 atom stereocenters. The third-order valence-corrected chi connectivity index (χ3v) is 2.30. The van der Waals surface area contributed by atoms with E-state index in [1.54, 1.807) is 0 Å². The van der Waals surface area contributed by atoms with Crippen LogP contribution in [0.1, 0.15) is 0 Å². The topological polar surface area (TPSA) is 54.4 Å². The lowest BCUT2D eigenvalue weighted by molar-refractivity contribution is 0.486. The number of hydrogen-bond donors (Lipinski definition) is 1. The van der Waals surface area contributed by atoms with Crippen molar-refractivity contribution in [2.75, 3.05) is 5.75 Å². The van der Waals surface area contributed by atoms with Gasteiger partial charge in [0.05, 0.1) is 5.03 Å². The summed E-state index contributed by atoms with van der Waals surface area (Å²) in [5.74, 6) is -0.753. The van der Waals surface area contributed by atoms with E-state index in [2.05, 4.69) is 0 Å². The van der Waals surface area contributed by atoms with Gasteiger partial charge in [-0.25, -0.2) is 0 Å². The lowest BCUT2D eigenvalue weighted by atomic mass is 10.7. The van der Waals surface area contributed by atoms with Crippen LogP contribution in [0.4, 0.5) is 0 Å². The highest BCUT2D eigenvalue weighted by Gasteiger charge is 2.09. The lowest BCUT2D eigenvalue weighted by Gasteiger charge is -1.93. The van der Waals surface area contributed by atoms with Gasteiger partial charge in [-0.15, -0.1) is 0 Å². The number of hydrogen-bond acceptors (Lipinski definition) is 2. The van der Waals surface area contributed by atoms with Crippen LogP contribution in [0.15, 0.2) is 9.52 Å². The fraction of sp³-hybridized carbons (Fsp3) is 0.333. The van der Waals surface area contributed by atoms with Crippen molar-refractivity contribution in [1.29, 1.82) is 0 Å². The van der Waals surface area contributed by atoms with Crippen LogP contribution in [0.3, 0.4) is 0 Å². The quantitative estimate of drug-likeness (QED) is 0.729. The minimum atomic E-state index is -4.13. The Morgan fingerprint density at radius 2 is 1.70 bits per heavy atom. The molecule has 0 unspecified atom stereocenters. The van der Waals surface area contributed by atoms with Gasteiger partial charge in [-0.05, 0) is 0 Å². The molecule has 0 aromatic rings. The number of halogens is 3. The monoisotopic (exact) mass is 224 g/mol. The van der Waals surface area contributed by atoms with Crippen LogP contribution in [0.5, 0.6) is 0 Å². The van der Waals surface area contributed by atoms with Crippen LogP contribution in [-0.4, -0.2) is 18.7 Å². The molecule has 3 nitrogen and oxygen atoms in total. The Morgan fingerprint density at radius 1 is 1.30 bits per heavy atom. The van der Waals surface area contributed by atoms with Crippen molar-refractivity contribution >= 4 is 44.9 Å². The van der Waals surface area contributed by atoms with Crippen LogP contribution in [-0.2, 0) is 10.1 Å². The molecule has 0 saturated carbocycles. The summed E-state index contributed by atoms with van der Waals surface area (Å²) in [5.41, 5.74) is 0. The normalized spacial score (nSPS) is 11.2. The predicted octanol–water partition coefficient (Wildman–Crippen LogP) is 1.76. The molecule has 0 saturated heterocycles. The fourth-order valence-corrected chi connectivity index (χ4v) is 1.39. The van der Waals surface area contributed by atoms with Gasteiger partial charge in [0.15, 0.2) is 0 Å². The van der Waals surface area contributed by atoms with E-state index in [0.29, 0.717) is 0 Å². The van der Waals surface area contributed by atoms with E-state index < -0.39 is 15.9 Å². The summed E-state index contributed by atoms with van der Waals surface area (Å²) in [6.07, 6.45) is 0. The van der Waals surface area contributed by atoms with Gasteiger partial charge in [0.2, 0.25) is 0 Å². The Hall–Kier alpha value is 0.520. The van der Waals surface area contributed by atoms with Crippen LogP contribution in [0.2, 0.25) is 0 Å². The summed E-state index contributed by atoms with van der Waals surface area (Å²) in [5, 5.41) is -0.300. The summed E-state index contributed by atoms with van der Waals surface area (Å²) >= 11 is 15.3. The summed E-state index contributed by atoms with van der Waals surface area (Å²) in [6, 6.07) is 0. The average Bonchev–Trinajstić information content (AvgIpc) is 1.60. The van der Waals surface area contributed by atoms with Crippen molar-refractivity contribution in [3.8, 4) is 0 Å². The molecule has 0 fully saturated rings. The molecule has 0 amide bonds. The second-order valence-electron chi connectivity index (χ2n) is 1.39. The maximum atomic E-state index is 10.1. The summed E-state index contributed by atoms with van der Waals surface area (Å²) in [7, 11) is -4.13. The first-order chi connectivity index (χ1) is 4.33. The largest absolute Gasteiger partial charge is 0.285 e. The van der Waals surface area contributed by atoms with E-state index in [9.17, 15) is 8.42 Å². The van der Waals surface area contributed by atoms with Crippen molar-refractivity contribution in [2.45, 2.75) is 0 Å². The Kier molecular flexibility index (Phi) is 3.98. The molecule has 0 aromatic heterocycles. The Labute approximate surface area is 73.3 Å². The molecule has 0 spiro atoms. The lowest BCUT2D eigenvalue weighted by Crippen LogP contribution is -2.03. The highest BCUT2D eigenvalue weighted by Crippen LogP contribution is 2.18. The molecule has 7 heteroatoms. The minimum Gasteiger partial charge on any atom is -0.285 e. The van der Waals surface area contributed by atoms with Gasteiger partial charge in [0.1, 0.15) is 10.2 Å². The summed E-state index contributed by atoms with van der Waals surface area (Å²) in [6.45, 7) is 0. The Bertz CT molecular complexity index is 238. The minimum absolute atomic E-state index is 0.300. The van der Waals surface area contributed by atoms with Crippen molar-refractivity contribution in [2.24, 2.45) is 0 Å². The van der Waals surface area contributed by atoms with E-state index in [4.69, 9.17) is 39.4 Å². The first-order valence-electron chi connectivity index (χ1n) is 1.98. The predicted molar refractivity (Wildman–Crippen MR) is 41.0 cm³/mol. The zero-order valence-corrected chi connectivity index (χ0v) is 7.60. The first kappa shape index (κ1) is 10.5. The molecule has 0 rings (SSSR count). The highest BCUT2D eigenvalue weighted by atomic mass is 35.5. The summed E-state index contributed by atoms with van der Waals surface area (Å²) in [4.78, 5) is 0. The van der Waals surface area contributed by atoms with E-state index in [-0.39, 0.29) is 9.52 Å². The van der Waals surface area contributed by atoms with Gasteiger partial charge in [0, 0.05) is 0 Å². The molecular weight excluding hydrogens is 222 g/mol. The fourth-order valence-electron chi connectivity index (χ4n) is 0.215. The standard InChI is InChI=1S/C3H3Cl3O3S/c4-2(3(5)6)1-10(7,8)9/h1H2,(H,7,8,9). The van der Waals surface area contributed by atoms with E-state index in [0.717, 1.165) is 0 Å². The second kappa shape index (κ2) is 3.78. The molecule has 0 aliphatic carbocycles. The molecule has 0 aromatic carbocycles. The van der Waals surface area contributed by atoms with E-state index in [1.807, 2.05) is 0 Å². The highest BCUT2D eigenvalue weighted by molar-refractivity contribution is 7.86. The van der Waals surface area contributed by atoms with Crippen molar-refractivity contribution in [1.82, 2.24) is 0 Å². The van der Waals surface area contributed by atoms with Crippen molar-refractivity contribution in [3.63, 3.8) is 0 Å². The second-order valence-corrected chi connectivity index (χ2v) is 4.25. The molecule has 10 heavy (non-hydrogen) atoms. The van der Waals surface area contributed by atoms with E-state index in [1.165, 1.54) is 0 Å². The van der Waals surface area contributed by atoms with Gasteiger partial charge < -0.3 is 0 Å². The Morgan fingerprint density at radius 3 is 1.80 bits per heavy atom. The van der Waals surface area contributed by atoms with Crippen LogP contribution < -0.4 is 0 Å². The molecule has 60 valence electrons. The van der Waals surface area contributed by atoms with Crippen LogP contribution in [0, 0.1) is 0 Å². The van der Waals surface area contributed by atoms with Gasteiger partial charge >= 0.3 is 0 Å². The van der Waals surface area contributed by atoms with E-state index >= 15 is 0 Å². The van der Waals surface area contributed by atoms with Crippen LogP contribution in [0.25, 0.3) is 0 Å². The van der Waals surface area contributed by atoms with Gasteiger partial charge in [-0.2, -0.15) is 8.42 Å².